The standard InChI is InChI=1S/C17H27N3O4S/c1-6-18-15(21)11-19-16(22)12(2)20-25(23,24)14-9-7-13(8-10-14)17(3,4)5/h7-10,12,20H,6,11H2,1-5H3,(H,18,21)(H,19,22)/t12-/m0/s1. The van der Waals surface area contributed by atoms with Crippen LogP contribution in [-0.2, 0) is 25.0 Å². The first-order valence-electron chi connectivity index (χ1n) is 8.14. The Hall–Kier alpha value is -1.93. The molecular formula is C17H27N3O4S. The van der Waals surface area contributed by atoms with Gasteiger partial charge >= 0.3 is 0 Å². The fraction of sp³-hybridized carbons (Fsp3) is 0.529. The monoisotopic (exact) mass is 369 g/mol. The Morgan fingerprint density at radius 3 is 2.12 bits per heavy atom. The molecule has 0 fully saturated rings. The summed E-state index contributed by atoms with van der Waals surface area (Å²) in [7, 11) is -3.83. The molecule has 8 heteroatoms. The predicted molar refractivity (Wildman–Crippen MR) is 96.6 cm³/mol. The summed E-state index contributed by atoms with van der Waals surface area (Å²) in [6, 6.07) is 5.55. The SMILES string of the molecule is CCNC(=O)CNC(=O)[C@H](C)NS(=O)(=O)c1ccc(C(C)(C)C)cc1. The van der Waals surface area contributed by atoms with Crippen molar-refractivity contribution in [1.82, 2.24) is 15.4 Å². The molecule has 0 aliphatic carbocycles. The minimum absolute atomic E-state index is 0.0814. The number of rotatable bonds is 7. The number of hydrogen-bond donors (Lipinski definition) is 3. The zero-order chi connectivity index (χ0) is 19.3. The second-order valence-electron chi connectivity index (χ2n) is 6.79. The van der Waals surface area contributed by atoms with Crippen LogP contribution in [0, 0.1) is 0 Å². The van der Waals surface area contributed by atoms with Crippen LogP contribution in [-0.4, -0.2) is 39.4 Å². The zero-order valence-corrected chi connectivity index (χ0v) is 16.2. The van der Waals surface area contributed by atoms with Crippen LogP contribution in [0.4, 0.5) is 0 Å². The van der Waals surface area contributed by atoms with E-state index in [9.17, 15) is 18.0 Å². The highest BCUT2D eigenvalue weighted by Gasteiger charge is 2.23. The van der Waals surface area contributed by atoms with Crippen LogP contribution in [0.1, 0.15) is 40.2 Å². The molecule has 1 rings (SSSR count). The third-order valence-electron chi connectivity index (χ3n) is 3.55. The van der Waals surface area contributed by atoms with Gasteiger partial charge in [0.1, 0.15) is 0 Å². The lowest BCUT2D eigenvalue weighted by molar-refractivity contribution is -0.126. The summed E-state index contributed by atoms with van der Waals surface area (Å²) in [4.78, 5) is 23.3. The van der Waals surface area contributed by atoms with Crippen LogP contribution in [0.3, 0.4) is 0 Å². The number of sulfonamides is 1. The van der Waals surface area contributed by atoms with Gasteiger partial charge in [0.25, 0.3) is 0 Å². The second kappa shape index (κ2) is 8.44. The minimum atomic E-state index is -3.83. The third kappa shape index (κ3) is 6.47. The molecule has 3 N–H and O–H groups in total. The van der Waals surface area contributed by atoms with Crippen molar-refractivity contribution in [2.45, 2.75) is 51.0 Å². The summed E-state index contributed by atoms with van der Waals surface area (Å²) in [6.07, 6.45) is 0. The van der Waals surface area contributed by atoms with Gasteiger partial charge in [0.15, 0.2) is 0 Å². The summed E-state index contributed by atoms with van der Waals surface area (Å²) in [5, 5.41) is 4.93. The molecule has 1 atom stereocenters. The second-order valence-corrected chi connectivity index (χ2v) is 8.50. The summed E-state index contributed by atoms with van der Waals surface area (Å²) in [6.45, 7) is 9.57. The Morgan fingerprint density at radius 2 is 1.64 bits per heavy atom. The van der Waals surface area contributed by atoms with Gasteiger partial charge in [-0.05, 0) is 37.0 Å². The molecule has 0 aromatic heterocycles. The smallest absolute Gasteiger partial charge is 0.241 e. The highest BCUT2D eigenvalue weighted by Crippen LogP contribution is 2.23. The Kier molecular flexibility index (Phi) is 7.13. The Labute approximate surface area is 149 Å². The van der Waals surface area contributed by atoms with E-state index >= 15 is 0 Å². The molecule has 1 aromatic rings. The van der Waals surface area contributed by atoms with Crippen molar-refractivity contribution >= 4 is 21.8 Å². The van der Waals surface area contributed by atoms with E-state index in [1.165, 1.54) is 19.1 Å². The van der Waals surface area contributed by atoms with Crippen LogP contribution in [0.25, 0.3) is 0 Å². The fourth-order valence-corrected chi connectivity index (χ4v) is 3.27. The van der Waals surface area contributed by atoms with Crippen LogP contribution >= 0.6 is 0 Å². The molecule has 2 amide bonds. The Balaban J connectivity index is 2.73. The molecule has 0 spiro atoms. The first-order valence-corrected chi connectivity index (χ1v) is 9.63. The van der Waals surface area contributed by atoms with Gasteiger partial charge in [0.2, 0.25) is 21.8 Å². The molecule has 25 heavy (non-hydrogen) atoms. The number of benzene rings is 1. The van der Waals surface area contributed by atoms with Crippen molar-refractivity contribution in [2.24, 2.45) is 0 Å². The van der Waals surface area contributed by atoms with E-state index < -0.39 is 22.0 Å². The Bertz CT molecular complexity index is 706. The van der Waals surface area contributed by atoms with Crippen LogP contribution in [0.2, 0.25) is 0 Å². The molecule has 0 bridgehead atoms. The van der Waals surface area contributed by atoms with Gasteiger partial charge in [-0.15, -0.1) is 0 Å². The lowest BCUT2D eigenvalue weighted by Crippen LogP contribution is -2.47. The first-order chi connectivity index (χ1) is 11.5. The van der Waals surface area contributed by atoms with Crippen molar-refractivity contribution in [3.05, 3.63) is 29.8 Å². The van der Waals surface area contributed by atoms with Crippen molar-refractivity contribution in [2.75, 3.05) is 13.1 Å². The lowest BCUT2D eigenvalue weighted by Gasteiger charge is -2.19. The van der Waals surface area contributed by atoms with E-state index in [4.69, 9.17) is 0 Å². The average Bonchev–Trinajstić information content (AvgIpc) is 2.51. The molecule has 140 valence electrons. The molecule has 7 nitrogen and oxygen atoms in total. The first kappa shape index (κ1) is 21.1. The maximum Gasteiger partial charge on any atom is 0.241 e. The highest BCUT2D eigenvalue weighted by molar-refractivity contribution is 7.89. The van der Waals surface area contributed by atoms with Gasteiger partial charge in [-0.25, -0.2) is 8.42 Å². The molecule has 0 heterocycles. The van der Waals surface area contributed by atoms with Crippen LogP contribution < -0.4 is 15.4 Å². The minimum Gasteiger partial charge on any atom is -0.355 e. The normalized spacial score (nSPS) is 13.2. The molecule has 0 saturated heterocycles. The number of nitrogens with one attached hydrogen (secondary N) is 3. The van der Waals surface area contributed by atoms with Gasteiger partial charge in [-0.1, -0.05) is 32.9 Å². The van der Waals surface area contributed by atoms with E-state index in [0.29, 0.717) is 6.54 Å². The summed E-state index contributed by atoms with van der Waals surface area (Å²) >= 11 is 0. The van der Waals surface area contributed by atoms with Crippen molar-refractivity contribution in [3.63, 3.8) is 0 Å². The topological polar surface area (TPSA) is 104 Å². The molecule has 1 aromatic carbocycles. The number of likely N-dealkylation sites (N-methyl/N-ethyl adjacent to an activating group) is 1. The molecule has 0 unspecified atom stereocenters. The fourth-order valence-electron chi connectivity index (χ4n) is 2.07. The van der Waals surface area contributed by atoms with Crippen molar-refractivity contribution in [1.29, 1.82) is 0 Å². The Morgan fingerprint density at radius 1 is 1.08 bits per heavy atom. The van der Waals surface area contributed by atoms with E-state index in [0.717, 1.165) is 5.56 Å². The predicted octanol–water partition coefficient (Wildman–Crippen LogP) is 0.903. The van der Waals surface area contributed by atoms with Crippen LogP contribution in [0.5, 0.6) is 0 Å². The summed E-state index contributed by atoms with van der Waals surface area (Å²) < 4.78 is 27.1. The third-order valence-corrected chi connectivity index (χ3v) is 5.11. The van der Waals surface area contributed by atoms with E-state index in [2.05, 4.69) is 15.4 Å². The van der Waals surface area contributed by atoms with E-state index in [1.54, 1.807) is 19.1 Å². The zero-order valence-electron chi connectivity index (χ0n) is 15.3. The van der Waals surface area contributed by atoms with Gasteiger partial charge in [0, 0.05) is 6.54 Å². The van der Waals surface area contributed by atoms with Crippen molar-refractivity contribution in [3.8, 4) is 0 Å². The lowest BCUT2D eigenvalue weighted by atomic mass is 9.87. The number of hydrogen-bond acceptors (Lipinski definition) is 4. The summed E-state index contributed by atoms with van der Waals surface area (Å²) in [5.41, 5.74) is 0.932. The van der Waals surface area contributed by atoms with Gasteiger partial charge in [-0.3, -0.25) is 9.59 Å². The molecule has 0 aliphatic heterocycles. The molecule has 0 radical (unpaired) electrons. The van der Waals surface area contributed by atoms with Gasteiger partial charge in [-0.2, -0.15) is 4.72 Å². The maximum atomic E-state index is 12.4. The summed E-state index contributed by atoms with van der Waals surface area (Å²) in [5.74, 6) is -0.898. The largest absolute Gasteiger partial charge is 0.355 e. The van der Waals surface area contributed by atoms with Crippen LogP contribution in [0.15, 0.2) is 29.2 Å². The number of carbonyl (C=O) groups excluding carboxylic acids is 2. The van der Waals surface area contributed by atoms with Crippen molar-refractivity contribution < 1.29 is 18.0 Å². The molecule has 0 saturated carbocycles. The molecule has 0 aliphatic rings. The van der Waals surface area contributed by atoms with E-state index in [1.807, 2.05) is 20.8 Å². The van der Waals surface area contributed by atoms with E-state index in [-0.39, 0.29) is 22.8 Å². The quantitative estimate of drug-likeness (QED) is 0.664. The number of amides is 2. The average molecular weight is 369 g/mol. The van der Waals surface area contributed by atoms with Gasteiger partial charge < -0.3 is 10.6 Å². The maximum absolute atomic E-state index is 12.4. The highest BCUT2D eigenvalue weighted by atomic mass is 32.2. The van der Waals surface area contributed by atoms with Gasteiger partial charge in [0.05, 0.1) is 17.5 Å². The number of carbonyl (C=O) groups is 2. The molecular weight excluding hydrogens is 342 g/mol.